The number of anilines is 1. The summed E-state index contributed by atoms with van der Waals surface area (Å²) in [6.07, 6.45) is 1.84. The lowest BCUT2D eigenvalue weighted by Gasteiger charge is -2.28. The van der Waals surface area contributed by atoms with Gasteiger partial charge in [0.2, 0.25) is 17.7 Å². The van der Waals surface area contributed by atoms with Crippen LogP contribution in [0.4, 0.5) is 5.69 Å². The predicted molar refractivity (Wildman–Crippen MR) is 114 cm³/mol. The largest absolute Gasteiger partial charge is 0.323 e. The summed E-state index contributed by atoms with van der Waals surface area (Å²) in [6, 6.07) is 14.9. The van der Waals surface area contributed by atoms with E-state index in [2.05, 4.69) is 17.4 Å². The first-order valence-corrected chi connectivity index (χ1v) is 10.8. The molecule has 30 heavy (non-hydrogen) atoms. The molecule has 1 N–H and O–H groups in total. The van der Waals surface area contributed by atoms with Crippen molar-refractivity contribution in [2.45, 2.75) is 18.8 Å². The molecule has 0 radical (unpaired) electrons. The van der Waals surface area contributed by atoms with Crippen molar-refractivity contribution in [2.24, 2.45) is 23.7 Å². The first-order valence-electron chi connectivity index (χ1n) is 10.1. The molecular formula is C23H20Cl2N2O3. The lowest BCUT2D eigenvalue weighted by molar-refractivity contribution is -0.143. The molecule has 5 rings (SSSR count). The molecule has 2 aliphatic carbocycles. The van der Waals surface area contributed by atoms with Crippen molar-refractivity contribution in [3.05, 3.63) is 64.1 Å². The van der Waals surface area contributed by atoms with Crippen molar-refractivity contribution in [1.82, 2.24) is 4.90 Å². The molecule has 1 aliphatic heterocycles. The third kappa shape index (κ3) is 3.12. The second-order valence-electron chi connectivity index (χ2n) is 8.40. The van der Waals surface area contributed by atoms with E-state index in [0.717, 1.165) is 17.7 Å². The van der Waals surface area contributed by atoms with E-state index >= 15 is 0 Å². The van der Waals surface area contributed by atoms with Crippen molar-refractivity contribution >= 4 is 46.6 Å². The number of carbonyl (C=O) groups excluding carboxylic acids is 3. The van der Waals surface area contributed by atoms with E-state index in [4.69, 9.17) is 23.2 Å². The fourth-order valence-corrected chi connectivity index (χ4v) is 6.14. The van der Waals surface area contributed by atoms with Gasteiger partial charge in [-0.1, -0.05) is 53.5 Å². The lowest BCUT2D eigenvalue weighted by Crippen LogP contribution is -2.39. The van der Waals surface area contributed by atoms with Crippen LogP contribution in [0.15, 0.2) is 48.5 Å². The smallest absolute Gasteiger partial charge is 0.244 e. The van der Waals surface area contributed by atoms with Gasteiger partial charge in [-0.2, -0.15) is 0 Å². The molecule has 154 valence electrons. The Bertz CT molecular complexity index is 1040. The van der Waals surface area contributed by atoms with Gasteiger partial charge < -0.3 is 5.32 Å². The highest BCUT2D eigenvalue weighted by Gasteiger charge is 2.63. The molecule has 0 spiro atoms. The van der Waals surface area contributed by atoms with E-state index in [1.165, 1.54) is 11.6 Å². The van der Waals surface area contributed by atoms with Crippen LogP contribution in [-0.4, -0.2) is 29.2 Å². The highest BCUT2D eigenvalue weighted by atomic mass is 35.5. The van der Waals surface area contributed by atoms with Crippen LogP contribution < -0.4 is 5.32 Å². The van der Waals surface area contributed by atoms with Crippen LogP contribution in [0.3, 0.4) is 0 Å². The summed E-state index contributed by atoms with van der Waals surface area (Å²) in [5.74, 6) is -0.790. The molecule has 2 aromatic carbocycles. The van der Waals surface area contributed by atoms with Crippen molar-refractivity contribution in [3.63, 3.8) is 0 Å². The molecule has 2 bridgehead atoms. The topological polar surface area (TPSA) is 66.5 Å². The molecule has 1 saturated heterocycles. The standard InChI is InChI=1S/C23H20Cl2N2O3/c24-14-6-7-18(17(25)10-14)26-19(28)11-27-22(29)20-13-8-15(12-4-2-1-3-5-12)16(9-13)21(20)23(27)30/h1-7,10,13,15-16,20-21H,8-9,11H2,(H,26,28)/t13-,15+,16-,20-,21+/m1/s1. The Kier molecular flexibility index (Phi) is 4.83. The fraction of sp³-hybridized carbons (Fsp3) is 0.348. The van der Waals surface area contributed by atoms with Gasteiger partial charge in [0.15, 0.2) is 0 Å². The highest BCUT2D eigenvalue weighted by molar-refractivity contribution is 6.36. The Hall–Kier alpha value is -2.37. The van der Waals surface area contributed by atoms with Gasteiger partial charge in [0.1, 0.15) is 6.54 Å². The first kappa shape index (κ1) is 19.6. The summed E-state index contributed by atoms with van der Waals surface area (Å²) in [6.45, 7) is -0.293. The van der Waals surface area contributed by atoms with Gasteiger partial charge in [-0.3, -0.25) is 19.3 Å². The maximum Gasteiger partial charge on any atom is 0.244 e. The van der Waals surface area contributed by atoms with E-state index in [1.807, 2.05) is 18.2 Å². The van der Waals surface area contributed by atoms with Crippen LogP contribution >= 0.6 is 23.2 Å². The van der Waals surface area contributed by atoms with Crippen molar-refractivity contribution in [3.8, 4) is 0 Å². The molecule has 2 aromatic rings. The van der Waals surface area contributed by atoms with Gasteiger partial charge in [-0.25, -0.2) is 0 Å². The third-order valence-corrected chi connectivity index (χ3v) is 7.39. The lowest BCUT2D eigenvalue weighted by atomic mass is 9.73. The summed E-state index contributed by atoms with van der Waals surface area (Å²) in [4.78, 5) is 39.8. The molecule has 2 saturated carbocycles. The third-order valence-electron chi connectivity index (χ3n) is 6.84. The average molecular weight is 443 g/mol. The van der Waals surface area contributed by atoms with E-state index < -0.39 is 5.91 Å². The number of nitrogens with one attached hydrogen (secondary N) is 1. The average Bonchev–Trinajstić information content (AvgIpc) is 3.39. The minimum Gasteiger partial charge on any atom is -0.323 e. The Morgan fingerprint density at radius 1 is 1.00 bits per heavy atom. The SMILES string of the molecule is O=C(CN1C(=O)[C@@H]2[C@H]3C[C@@H]([C@@H]2C1=O)[C@H](c1ccccc1)C3)Nc1ccc(Cl)cc1Cl. The van der Waals surface area contributed by atoms with Crippen LogP contribution in [0, 0.1) is 23.7 Å². The van der Waals surface area contributed by atoms with E-state index in [0.29, 0.717) is 21.7 Å². The summed E-state index contributed by atoms with van der Waals surface area (Å²) in [5.41, 5.74) is 1.63. The van der Waals surface area contributed by atoms with Gasteiger partial charge in [0, 0.05) is 5.02 Å². The molecule has 3 aliphatic rings. The minimum absolute atomic E-state index is 0.164. The van der Waals surface area contributed by atoms with Gasteiger partial charge in [0.25, 0.3) is 0 Å². The number of imide groups is 1. The first-order chi connectivity index (χ1) is 14.4. The number of hydrogen-bond donors (Lipinski definition) is 1. The summed E-state index contributed by atoms with van der Waals surface area (Å²) in [7, 11) is 0. The van der Waals surface area contributed by atoms with Crippen LogP contribution in [0.25, 0.3) is 0 Å². The molecule has 3 fully saturated rings. The van der Waals surface area contributed by atoms with Gasteiger partial charge in [0.05, 0.1) is 22.5 Å². The fourth-order valence-electron chi connectivity index (χ4n) is 5.68. The number of halogens is 2. The summed E-state index contributed by atoms with van der Waals surface area (Å²) in [5, 5.41) is 3.43. The maximum atomic E-state index is 13.1. The molecule has 5 nitrogen and oxygen atoms in total. The van der Waals surface area contributed by atoms with Gasteiger partial charge >= 0.3 is 0 Å². The highest BCUT2D eigenvalue weighted by Crippen LogP contribution is 2.61. The zero-order chi connectivity index (χ0) is 21.0. The number of hydrogen-bond acceptors (Lipinski definition) is 3. The van der Waals surface area contributed by atoms with Crippen molar-refractivity contribution < 1.29 is 14.4 Å². The molecule has 1 heterocycles. The van der Waals surface area contributed by atoms with Crippen LogP contribution in [-0.2, 0) is 14.4 Å². The Balaban J connectivity index is 1.31. The predicted octanol–water partition coefficient (Wildman–Crippen LogP) is 4.36. The molecule has 0 aromatic heterocycles. The van der Waals surface area contributed by atoms with E-state index in [-0.39, 0.29) is 42.0 Å². The molecular weight excluding hydrogens is 423 g/mol. The van der Waals surface area contributed by atoms with Gasteiger partial charge in [-0.05, 0) is 54.4 Å². The van der Waals surface area contributed by atoms with Crippen LogP contribution in [0.2, 0.25) is 10.0 Å². The molecule has 5 atom stereocenters. The second kappa shape index (κ2) is 7.40. The number of benzene rings is 2. The minimum atomic E-state index is -0.451. The molecule has 7 heteroatoms. The normalized spacial score (nSPS) is 29.4. The van der Waals surface area contributed by atoms with E-state index in [9.17, 15) is 14.4 Å². The zero-order valence-electron chi connectivity index (χ0n) is 16.1. The van der Waals surface area contributed by atoms with Crippen LogP contribution in [0.5, 0.6) is 0 Å². The Labute approximate surface area is 184 Å². The number of fused-ring (bicyclic) bond motifs is 5. The summed E-state index contributed by atoms with van der Waals surface area (Å²) < 4.78 is 0. The Morgan fingerprint density at radius 3 is 2.47 bits per heavy atom. The molecule has 0 unspecified atom stereocenters. The maximum absolute atomic E-state index is 13.1. The second-order valence-corrected chi connectivity index (χ2v) is 9.24. The zero-order valence-corrected chi connectivity index (χ0v) is 17.6. The van der Waals surface area contributed by atoms with E-state index in [1.54, 1.807) is 12.1 Å². The van der Waals surface area contributed by atoms with Gasteiger partial charge in [-0.15, -0.1) is 0 Å². The molecule has 3 amide bonds. The summed E-state index contributed by atoms with van der Waals surface area (Å²) >= 11 is 12.0. The van der Waals surface area contributed by atoms with Crippen molar-refractivity contribution in [2.75, 3.05) is 11.9 Å². The number of likely N-dealkylation sites (tertiary alicyclic amines) is 1. The number of nitrogens with zero attached hydrogens (tertiary/aromatic N) is 1. The number of amides is 3. The quantitative estimate of drug-likeness (QED) is 0.715. The van der Waals surface area contributed by atoms with Crippen LogP contribution in [0.1, 0.15) is 24.3 Å². The Morgan fingerprint density at radius 2 is 1.73 bits per heavy atom. The monoisotopic (exact) mass is 442 g/mol. The van der Waals surface area contributed by atoms with Crippen molar-refractivity contribution in [1.29, 1.82) is 0 Å². The number of rotatable bonds is 4. The number of carbonyl (C=O) groups is 3.